The number of carbonyl (C=O) groups is 2. The minimum atomic E-state index is -0.670. The highest BCUT2D eigenvalue weighted by Gasteiger charge is 2.36. The second-order valence-electron chi connectivity index (χ2n) is 8.35. The summed E-state index contributed by atoms with van der Waals surface area (Å²) in [6.07, 6.45) is 0. The summed E-state index contributed by atoms with van der Waals surface area (Å²) in [5.74, 6) is 0.172. The number of anilines is 1. The van der Waals surface area contributed by atoms with Gasteiger partial charge in [0, 0.05) is 54.7 Å². The summed E-state index contributed by atoms with van der Waals surface area (Å²) in [7, 11) is 0. The van der Waals surface area contributed by atoms with Crippen molar-refractivity contribution < 1.29 is 19.1 Å². The quantitative estimate of drug-likeness (QED) is 0.540. The number of nitrogens with zero attached hydrogens (tertiary/aromatic N) is 2. The Labute approximate surface area is 210 Å². The molecule has 1 fully saturated rings. The zero-order valence-corrected chi connectivity index (χ0v) is 20.8. The molecule has 0 radical (unpaired) electrons. The molecule has 2 amide bonds. The van der Waals surface area contributed by atoms with Crippen molar-refractivity contribution in [2.75, 3.05) is 50.8 Å². The van der Waals surface area contributed by atoms with E-state index >= 15 is 0 Å². The van der Waals surface area contributed by atoms with Crippen LogP contribution in [0.3, 0.4) is 0 Å². The molecule has 2 aliphatic rings. The van der Waals surface area contributed by atoms with Crippen LogP contribution in [0.1, 0.15) is 25.5 Å². The van der Waals surface area contributed by atoms with Gasteiger partial charge >= 0.3 is 12.0 Å². The number of hydrogen-bond acceptors (Lipinski definition) is 6. The number of esters is 1. The molecule has 0 saturated carbocycles. The van der Waals surface area contributed by atoms with Crippen LogP contribution >= 0.6 is 11.6 Å². The van der Waals surface area contributed by atoms with E-state index in [-0.39, 0.29) is 12.6 Å². The molecule has 0 spiro atoms. The minimum absolute atomic E-state index is 0.239. The smallest absolute Gasteiger partial charge is 0.338 e. The molecule has 0 aliphatic carbocycles. The fourth-order valence-corrected chi connectivity index (χ4v) is 4.60. The van der Waals surface area contributed by atoms with Crippen molar-refractivity contribution in [1.82, 2.24) is 15.5 Å². The van der Waals surface area contributed by atoms with Gasteiger partial charge in [-0.25, -0.2) is 9.59 Å². The molecular weight excluding hydrogens is 468 g/mol. The number of rotatable bonds is 8. The number of carbonyl (C=O) groups excluding carboxylic acids is 2. The normalized spacial score (nSPS) is 18.7. The highest BCUT2D eigenvalue weighted by molar-refractivity contribution is 6.30. The zero-order valence-electron chi connectivity index (χ0n) is 20.1. The summed E-state index contributed by atoms with van der Waals surface area (Å²) >= 11 is 6.02. The number of para-hydroxylation sites is 1. The first kappa shape index (κ1) is 24.9. The summed E-state index contributed by atoms with van der Waals surface area (Å²) in [6, 6.07) is 14.2. The maximum Gasteiger partial charge on any atom is 0.338 e. The van der Waals surface area contributed by atoms with Gasteiger partial charge in [0.05, 0.1) is 24.8 Å². The first-order valence-corrected chi connectivity index (χ1v) is 12.3. The average molecular weight is 499 g/mol. The molecule has 2 heterocycles. The molecule has 186 valence electrons. The zero-order chi connectivity index (χ0) is 24.8. The van der Waals surface area contributed by atoms with Crippen molar-refractivity contribution in [3.8, 4) is 5.75 Å². The van der Waals surface area contributed by atoms with Crippen molar-refractivity contribution in [3.05, 3.63) is 70.4 Å². The molecule has 1 saturated heterocycles. The van der Waals surface area contributed by atoms with Crippen LogP contribution in [-0.4, -0.2) is 62.8 Å². The van der Waals surface area contributed by atoms with Crippen LogP contribution in [0.15, 0.2) is 59.8 Å². The van der Waals surface area contributed by atoms with E-state index in [1.54, 1.807) is 6.92 Å². The minimum Gasteiger partial charge on any atom is -0.494 e. The summed E-state index contributed by atoms with van der Waals surface area (Å²) in [5, 5.41) is 6.48. The van der Waals surface area contributed by atoms with Gasteiger partial charge in [-0.2, -0.15) is 0 Å². The number of urea groups is 1. The topological polar surface area (TPSA) is 83.1 Å². The van der Waals surface area contributed by atoms with Crippen LogP contribution < -0.4 is 20.3 Å². The van der Waals surface area contributed by atoms with E-state index in [1.807, 2.05) is 55.5 Å². The second-order valence-corrected chi connectivity index (χ2v) is 8.79. The number of amides is 2. The Hall–Kier alpha value is -3.23. The highest BCUT2D eigenvalue weighted by Crippen LogP contribution is 2.34. The first-order valence-electron chi connectivity index (χ1n) is 11.9. The van der Waals surface area contributed by atoms with Gasteiger partial charge in [0.25, 0.3) is 0 Å². The van der Waals surface area contributed by atoms with Gasteiger partial charge in [-0.1, -0.05) is 29.8 Å². The fourth-order valence-electron chi connectivity index (χ4n) is 4.47. The number of nitrogens with one attached hydrogen (secondary N) is 2. The Morgan fingerprint density at radius 2 is 1.74 bits per heavy atom. The molecule has 8 nitrogen and oxygen atoms in total. The number of ether oxygens (including phenoxy) is 2. The lowest BCUT2D eigenvalue weighted by Gasteiger charge is -2.38. The first-order chi connectivity index (χ1) is 17.0. The second kappa shape index (κ2) is 11.5. The van der Waals surface area contributed by atoms with Gasteiger partial charge in [-0.3, -0.25) is 4.90 Å². The Balaban J connectivity index is 1.58. The van der Waals surface area contributed by atoms with Crippen molar-refractivity contribution in [2.45, 2.75) is 19.9 Å². The fraction of sp³-hybridized carbons (Fsp3) is 0.385. The van der Waals surface area contributed by atoms with Crippen molar-refractivity contribution in [2.24, 2.45) is 0 Å². The lowest BCUT2D eigenvalue weighted by Crippen LogP contribution is -2.51. The largest absolute Gasteiger partial charge is 0.494 e. The number of halogens is 1. The molecule has 2 N–H and O–H groups in total. The van der Waals surface area contributed by atoms with E-state index in [9.17, 15) is 9.59 Å². The van der Waals surface area contributed by atoms with Crippen LogP contribution in [0.2, 0.25) is 5.02 Å². The number of hydrogen-bond donors (Lipinski definition) is 2. The van der Waals surface area contributed by atoms with Gasteiger partial charge in [0.2, 0.25) is 0 Å². The van der Waals surface area contributed by atoms with E-state index in [4.69, 9.17) is 21.1 Å². The molecule has 0 unspecified atom stereocenters. The van der Waals surface area contributed by atoms with Gasteiger partial charge in [0.15, 0.2) is 0 Å². The SMILES string of the molecule is CCOC(=O)C1=C(CN2CCN(c3ccc(Cl)cc3)CC2)NC(=O)N[C@H]1c1ccccc1OCC. The molecule has 2 aliphatic heterocycles. The maximum atomic E-state index is 13.1. The third kappa shape index (κ3) is 5.89. The Morgan fingerprint density at radius 1 is 1.03 bits per heavy atom. The van der Waals surface area contributed by atoms with Crippen LogP contribution in [0.4, 0.5) is 10.5 Å². The van der Waals surface area contributed by atoms with Gasteiger partial charge in [-0.15, -0.1) is 0 Å². The summed E-state index contributed by atoms with van der Waals surface area (Å²) in [4.78, 5) is 30.3. The lowest BCUT2D eigenvalue weighted by atomic mass is 9.94. The predicted octanol–water partition coefficient (Wildman–Crippen LogP) is 3.73. The Bertz CT molecular complexity index is 1080. The van der Waals surface area contributed by atoms with Gasteiger partial charge in [-0.05, 0) is 44.2 Å². The molecule has 2 aromatic carbocycles. The monoisotopic (exact) mass is 498 g/mol. The van der Waals surface area contributed by atoms with Crippen LogP contribution in [-0.2, 0) is 9.53 Å². The standard InChI is InChI=1S/C26H31ClN4O4/c1-3-34-22-8-6-5-7-20(22)24-23(25(32)35-4-2)21(28-26(33)29-24)17-30-13-15-31(16-14-30)19-11-9-18(27)10-12-19/h5-12,24H,3-4,13-17H2,1-2H3,(H2,28,29,33)/t24-/m0/s1. The summed E-state index contributed by atoms with van der Waals surface area (Å²) in [5.41, 5.74) is 2.81. The van der Waals surface area contributed by atoms with E-state index < -0.39 is 12.0 Å². The van der Waals surface area contributed by atoms with Crippen molar-refractivity contribution in [3.63, 3.8) is 0 Å². The van der Waals surface area contributed by atoms with E-state index in [0.717, 1.165) is 37.4 Å². The molecule has 1 atom stereocenters. The van der Waals surface area contributed by atoms with E-state index in [0.29, 0.717) is 35.2 Å². The van der Waals surface area contributed by atoms with Crippen molar-refractivity contribution in [1.29, 1.82) is 0 Å². The predicted molar refractivity (Wildman–Crippen MR) is 136 cm³/mol. The molecular formula is C26H31ClN4O4. The Kier molecular flexibility index (Phi) is 8.15. The van der Waals surface area contributed by atoms with Crippen molar-refractivity contribution >= 4 is 29.3 Å². The van der Waals surface area contributed by atoms with E-state index in [1.165, 1.54) is 0 Å². The Morgan fingerprint density at radius 3 is 2.43 bits per heavy atom. The number of benzene rings is 2. The summed E-state index contributed by atoms with van der Waals surface area (Å²) in [6.45, 7) is 8.03. The lowest BCUT2D eigenvalue weighted by molar-refractivity contribution is -0.139. The molecule has 9 heteroatoms. The highest BCUT2D eigenvalue weighted by atomic mass is 35.5. The molecule has 4 rings (SSSR count). The molecule has 2 aromatic rings. The third-order valence-corrected chi connectivity index (χ3v) is 6.38. The maximum absolute atomic E-state index is 13.1. The molecule has 0 bridgehead atoms. The van der Waals surface area contributed by atoms with Crippen LogP contribution in [0, 0.1) is 0 Å². The third-order valence-electron chi connectivity index (χ3n) is 6.12. The molecule has 35 heavy (non-hydrogen) atoms. The number of piperazine rings is 1. The summed E-state index contributed by atoms with van der Waals surface area (Å²) < 4.78 is 11.2. The average Bonchev–Trinajstić information content (AvgIpc) is 2.85. The molecule has 0 aromatic heterocycles. The van der Waals surface area contributed by atoms with Crippen LogP contribution in [0.25, 0.3) is 0 Å². The van der Waals surface area contributed by atoms with E-state index in [2.05, 4.69) is 20.4 Å². The van der Waals surface area contributed by atoms with Gasteiger partial charge in [0.1, 0.15) is 5.75 Å². The van der Waals surface area contributed by atoms with Gasteiger partial charge < -0.3 is 25.0 Å². The van der Waals surface area contributed by atoms with Crippen LogP contribution in [0.5, 0.6) is 5.75 Å².